The number of nitrogens with one attached hydrogen (secondary N) is 2. The summed E-state index contributed by atoms with van der Waals surface area (Å²) in [6.45, 7) is 7.00. The van der Waals surface area contributed by atoms with E-state index in [1.165, 1.54) is 18.6 Å². The van der Waals surface area contributed by atoms with E-state index in [2.05, 4.69) is 83.6 Å². The number of aromatic nitrogens is 9. The third-order valence-corrected chi connectivity index (χ3v) is 6.99. The number of ether oxygens (including phenoxy) is 2. The molecular weight excluding hydrogens is 795 g/mol. The van der Waals surface area contributed by atoms with Gasteiger partial charge in [-0.3, -0.25) is 28.9 Å². The minimum atomic E-state index is -1.04. The average Bonchev–Trinajstić information content (AvgIpc) is 3.56. The lowest BCUT2D eigenvalue weighted by Gasteiger charge is -2.11. The second-order valence-corrected chi connectivity index (χ2v) is 12.2. The molecular formula is C32H38BrFN12O5S2. The smallest absolute Gasteiger partial charge is 0.351 e. The molecule has 53 heavy (non-hydrogen) atoms. The predicted octanol–water partition coefficient (Wildman–Crippen LogP) is 5.43. The van der Waals surface area contributed by atoms with E-state index in [0.29, 0.717) is 33.3 Å². The van der Waals surface area contributed by atoms with Gasteiger partial charge in [0, 0.05) is 49.6 Å². The Bertz CT molecular complexity index is 1860. The molecule has 5 aromatic rings. The molecule has 0 radical (unpaired) electrons. The number of alkyl halides is 2. The maximum Gasteiger partial charge on any atom is 0.351 e. The van der Waals surface area contributed by atoms with Crippen LogP contribution in [0.25, 0.3) is 11.4 Å². The van der Waals surface area contributed by atoms with Crippen LogP contribution < -0.4 is 16.4 Å². The lowest BCUT2D eigenvalue weighted by Crippen LogP contribution is -2.29. The fraction of sp³-hybridized carbons (Fsp3) is 0.281. The van der Waals surface area contributed by atoms with Gasteiger partial charge in [-0.25, -0.2) is 34.7 Å². The number of carbonyl (C=O) groups is 3. The van der Waals surface area contributed by atoms with Gasteiger partial charge in [0.2, 0.25) is 17.7 Å². The summed E-state index contributed by atoms with van der Waals surface area (Å²) in [4.78, 5) is 70.9. The van der Waals surface area contributed by atoms with Crippen LogP contribution in [0.1, 0.15) is 56.7 Å². The van der Waals surface area contributed by atoms with Crippen molar-refractivity contribution in [1.29, 1.82) is 0 Å². The van der Waals surface area contributed by atoms with E-state index in [-0.39, 0.29) is 30.4 Å². The highest BCUT2D eigenvalue weighted by atomic mass is 79.9. The number of anilines is 3. The third kappa shape index (κ3) is 16.6. The van der Waals surface area contributed by atoms with Crippen molar-refractivity contribution in [3.8, 4) is 11.4 Å². The molecule has 0 aliphatic heterocycles. The van der Waals surface area contributed by atoms with Gasteiger partial charge in [-0.1, -0.05) is 34.7 Å². The second-order valence-electron chi connectivity index (χ2n) is 9.80. The van der Waals surface area contributed by atoms with E-state index in [0.717, 1.165) is 11.3 Å². The molecule has 5 rings (SSSR count). The van der Waals surface area contributed by atoms with Crippen molar-refractivity contribution in [3.05, 3.63) is 84.7 Å². The van der Waals surface area contributed by atoms with E-state index in [4.69, 9.17) is 16.6 Å². The van der Waals surface area contributed by atoms with E-state index in [9.17, 15) is 18.8 Å². The van der Waals surface area contributed by atoms with Crippen molar-refractivity contribution in [3.63, 3.8) is 0 Å². The van der Waals surface area contributed by atoms with Crippen molar-refractivity contribution in [2.75, 3.05) is 17.8 Å². The number of nitrogens with zero attached hydrogens (tertiary/aromatic N) is 9. The molecule has 0 aliphatic rings. The van der Waals surface area contributed by atoms with Crippen molar-refractivity contribution in [2.24, 2.45) is 5.73 Å². The summed E-state index contributed by atoms with van der Waals surface area (Å²) in [5.41, 5.74) is 6.20. The summed E-state index contributed by atoms with van der Waals surface area (Å²) in [5, 5.41) is 6.21. The summed E-state index contributed by atoms with van der Waals surface area (Å²) in [6.07, 6.45) is 14.7. The first-order valence-corrected chi connectivity index (χ1v) is 16.9. The lowest BCUT2D eigenvalue weighted by molar-refractivity contribution is -0.145. The van der Waals surface area contributed by atoms with Crippen LogP contribution in [0.4, 0.5) is 21.4 Å². The zero-order chi connectivity index (χ0) is 39.2. The number of carbonyl (C=O) groups excluding carboxylic acids is 3. The summed E-state index contributed by atoms with van der Waals surface area (Å²) >= 11 is 8.70. The Morgan fingerprint density at radius 2 is 1.42 bits per heavy atom. The van der Waals surface area contributed by atoms with Gasteiger partial charge < -0.3 is 25.8 Å². The highest BCUT2D eigenvalue weighted by Gasteiger charge is 2.28. The summed E-state index contributed by atoms with van der Waals surface area (Å²) in [6, 6.07) is 3.42. The third-order valence-electron chi connectivity index (χ3n) is 5.15. The van der Waals surface area contributed by atoms with Gasteiger partial charge in [0.15, 0.2) is 15.1 Å². The molecule has 1 atom stereocenters. The van der Waals surface area contributed by atoms with Gasteiger partial charge in [-0.2, -0.15) is 0 Å². The largest absolute Gasteiger partial charge is 0.462 e. The highest BCUT2D eigenvalue weighted by Crippen LogP contribution is 2.31. The van der Waals surface area contributed by atoms with E-state index in [1.54, 1.807) is 83.2 Å². The Balaban J connectivity index is 0.000000420. The van der Waals surface area contributed by atoms with Gasteiger partial charge in [0.1, 0.15) is 22.0 Å². The molecule has 282 valence electrons. The quantitative estimate of drug-likeness (QED) is 0.0523. The van der Waals surface area contributed by atoms with Crippen molar-refractivity contribution in [2.45, 2.75) is 52.2 Å². The van der Waals surface area contributed by atoms with Crippen LogP contribution >= 0.6 is 39.5 Å². The van der Waals surface area contributed by atoms with Gasteiger partial charge in [0.05, 0.1) is 33.1 Å². The fourth-order valence-corrected chi connectivity index (χ4v) is 4.55. The number of Topliss-reactive ketones (excluding diaryl/α,β-unsaturated/α-hetero) is 1. The molecule has 1 unspecified atom stereocenters. The van der Waals surface area contributed by atoms with E-state index < -0.39 is 29.7 Å². The molecule has 0 aromatic carbocycles. The molecule has 0 spiro atoms. The molecule has 17 nitrogen and oxygen atoms in total. The Hall–Kier alpha value is -5.54. The monoisotopic (exact) mass is 833 g/mol. The number of halogens is 2. The van der Waals surface area contributed by atoms with Crippen LogP contribution in [-0.2, 0) is 14.3 Å². The highest BCUT2D eigenvalue weighted by molar-refractivity contribution is 9.10. The minimum absolute atomic E-state index is 0. The van der Waals surface area contributed by atoms with Gasteiger partial charge >= 0.3 is 11.9 Å². The number of hydrogen-bond acceptors (Lipinski definition) is 17. The molecule has 0 fully saturated rings. The van der Waals surface area contributed by atoms with Crippen molar-refractivity contribution >= 4 is 79.3 Å². The summed E-state index contributed by atoms with van der Waals surface area (Å²) < 4.78 is 25.7. The van der Waals surface area contributed by atoms with Crippen LogP contribution in [0, 0.1) is 0 Å². The molecule has 0 aliphatic carbocycles. The average molecular weight is 835 g/mol. The number of thiazole rings is 1. The molecule has 0 amide bonds. The first-order valence-electron chi connectivity index (χ1n) is 15.4. The number of rotatable bonds is 10. The Morgan fingerprint density at radius 3 is 1.91 bits per heavy atom. The normalized spacial score (nSPS) is 10.5. The van der Waals surface area contributed by atoms with Crippen LogP contribution in [0.15, 0.2) is 74.1 Å². The van der Waals surface area contributed by atoms with Crippen molar-refractivity contribution in [1.82, 2.24) is 44.9 Å². The maximum absolute atomic E-state index is 12.4. The Morgan fingerprint density at radius 1 is 0.868 bits per heavy atom. The number of ketones is 1. The zero-order valence-corrected chi connectivity index (χ0v) is 31.3. The first kappa shape index (κ1) is 43.6. The van der Waals surface area contributed by atoms with E-state index >= 15 is 0 Å². The number of esters is 2. The van der Waals surface area contributed by atoms with Crippen molar-refractivity contribution < 1.29 is 29.6 Å². The standard InChI is InChI=1S/C15H14N6O2S.C10H11BrN2O3.C5H6N4S.CH3F.CH4/c1-9(2)23-13(22)12-11(10-8-16-6-7-17-10)20-15(24-12)21-14-18-4-3-5-19-14;1-6(2)16-10(15)8(11)9(14)7-5-12-3-4-13-7;6-4(10)9-5-7-2-1-3-8-5;1-2;/h3-9H,1-2H3,(H,18,19,20,21);3-6,8H,1-2H3;1-3H,(H3,6,7,8,9,10);1H3;1H4/i;;;1D;. The molecule has 5 heterocycles. The van der Waals surface area contributed by atoms with Crippen LogP contribution in [0.5, 0.6) is 0 Å². The van der Waals surface area contributed by atoms with Crippen LogP contribution in [-0.4, -0.2) is 91.9 Å². The number of nitrogens with two attached hydrogens (primary N) is 1. The van der Waals surface area contributed by atoms with E-state index in [1.807, 2.05) is 0 Å². The fourth-order valence-electron chi connectivity index (χ4n) is 3.26. The maximum atomic E-state index is 12.4. The predicted molar refractivity (Wildman–Crippen MR) is 206 cm³/mol. The molecule has 0 bridgehead atoms. The van der Waals surface area contributed by atoms with Crippen LogP contribution in [0.3, 0.4) is 0 Å². The molecule has 0 saturated heterocycles. The molecule has 4 N–H and O–H groups in total. The zero-order valence-electron chi connectivity index (χ0n) is 29.1. The van der Waals surface area contributed by atoms with Gasteiger partial charge in [-0.05, 0) is 52.0 Å². The van der Waals surface area contributed by atoms with Gasteiger partial charge in [0.25, 0.3) is 0 Å². The Labute approximate surface area is 324 Å². The SMILES string of the molecule is C.CC(C)OC(=O)C(Br)C(=O)c1cnccn1.CC(C)OC(=O)c1sc(Nc2ncccn2)nc1-c1cnccn1.NC(=S)Nc1ncccn1.[2H]CF. The molecule has 0 saturated carbocycles. The van der Waals surface area contributed by atoms with Crippen LogP contribution in [0.2, 0.25) is 0 Å². The molecule has 5 aromatic heterocycles. The lowest BCUT2D eigenvalue weighted by atomic mass is 10.2. The number of hydrogen-bond donors (Lipinski definition) is 3. The minimum Gasteiger partial charge on any atom is -0.462 e. The Kier molecular flexibility index (Phi) is 20.3. The first-order chi connectivity index (χ1) is 25.4. The second kappa shape index (κ2) is 24.6. The van der Waals surface area contributed by atoms with Gasteiger partial charge in [-0.15, -0.1) is 0 Å². The topological polar surface area (TPSA) is 236 Å². The summed E-state index contributed by atoms with van der Waals surface area (Å²) in [7, 11) is -1.00. The molecule has 21 heteroatoms. The number of thiocarbonyl (C=S) groups is 1. The summed E-state index contributed by atoms with van der Waals surface area (Å²) in [5.74, 6) is -0.717.